The average Bonchev–Trinajstić information content (AvgIpc) is 2.57. The van der Waals surface area contributed by atoms with Crippen LogP contribution in [0.4, 0.5) is 0 Å². The maximum atomic E-state index is 2.48. The molecule has 0 bridgehead atoms. The van der Waals surface area contributed by atoms with Gasteiger partial charge in [-0.05, 0) is 29.9 Å². The third kappa shape index (κ3) is 2.40. The molecule has 0 radical (unpaired) electrons. The molecule has 1 aliphatic rings. The molecule has 0 saturated carbocycles. The zero-order chi connectivity index (χ0) is 14.8. The molecule has 3 aromatic rings. The lowest BCUT2D eigenvalue weighted by Crippen LogP contribution is -2.15. The molecule has 0 N–H and O–H groups in total. The molecule has 0 aromatic heterocycles. The van der Waals surface area contributed by atoms with Crippen molar-refractivity contribution < 1.29 is 0 Å². The SMILES string of the molecule is C1=C(c2ccccc2)C(c2ccccc2)P1c1ccccc1. The number of benzene rings is 3. The highest BCUT2D eigenvalue weighted by atomic mass is 31.1. The van der Waals surface area contributed by atoms with Gasteiger partial charge in [0, 0.05) is 5.66 Å². The molecule has 0 nitrogen and oxygen atoms in total. The average molecular weight is 300 g/mol. The topological polar surface area (TPSA) is 0 Å². The van der Waals surface area contributed by atoms with E-state index < -0.39 is 0 Å². The first-order valence-corrected chi connectivity index (χ1v) is 9.07. The van der Waals surface area contributed by atoms with Gasteiger partial charge in [0.15, 0.2) is 0 Å². The number of allylic oxidation sites excluding steroid dienone is 1. The van der Waals surface area contributed by atoms with E-state index >= 15 is 0 Å². The summed E-state index contributed by atoms with van der Waals surface area (Å²) >= 11 is 0. The Labute approximate surface area is 132 Å². The van der Waals surface area contributed by atoms with E-state index in [1.807, 2.05) is 0 Å². The Morgan fingerprint density at radius 2 is 1.14 bits per heavy atom. The minimum Gasteiger partial charge on any atom is -0.0622 e. The fourth-order valence-corrected chi connectivity index (χ4v) is 5.51. The zero-order valence-corrected chi connectivity index (χ0v) is 13.2. The van der Waals surface area contributed by atoms with Crippen molar-refractivity contribution in [3.8, 4) is 0 Å². The first kappa shape index (κ1) is 13.5. The molecule has 0 spiro atoms. The van der Waals surface area contributed by atoms with Crippen molar-refractivity contribution >= 4 is 18.8 Å². The Morgan fingerprint density at radius 3 is 1.77 bits per heavy atom. The van der Waals surface area contributed by atoms with Crippen molar-refractivity contribution in [3.05, 3.63) is 108 Å². The highest BCUT2D eigenvalue weighted by Gasteiger charge is 2.34. The zero-order valence-electron chi connectivity index (χ0n) is 12.3. The highest BCUT2D eigenvalue weighted by Crippen LogP contribution is 2.67. The summed E-state index contributed by atoms with van der Waals surface area (Å²) in [5.74, 6) is 2.48. The number of rotatable bonds is 3. The number of hydrogen-bond acceptors (Lipinski definition) is 0. The summed E-state index contributed by atoms with van der Waals surface area (Å²) in [6, 6.07) is 32.6. The smallest absolute Gasteiger partial charge is 0.0373 e. The van der Waals surface area contributed by atoms with Gasteiger partial charge in [0.1, 0.15) is 0 Å². The summed E-state index contributed by atoms with van der Waals surface area (Å²) < 4.78 is 0. The van der Waals surface area contributed by atoms with Crippen LogP contribution in [-0.4, -0.2) is 0 Å². The molecule has 0 amide bonds. The molecule has 1 heterocycles. The van der Waals surface area contributed by atoms with Crippen molar-refractivity contribution in [2.45, 2.75) is 5.66 Å². The summed E-state index contributed by atoms with van der Waals surface area (Å²) in [6.45, 7) is 0. The second-order valence-electron chi connectivity index (χ2n) is 5.51. The van der Waals surface area contributed by atoms with Crippen molar-refractivity contribution in [2.75, 3.05) is 0 Å². The molecule has 2 atom stereocenters. The van der Waals surface area contributed by atoms with Crippen molar-refractivity contribution in [1.82, 2.24) is 0 Å². The summed E-state index contributed by atoms with van der Waals surface area (Å²) in [5, 5.41) is 1.46. The van der Waals surface area contributed by atoms with Gasteiger partial charge in [-0.15, -0.1) is 0 Å². The lowest BCUT2D eigenvalue weighted by atomic mass is 9.98. The fraction of sp³-hybridized carbons (Fsp3) is 0.0476. The minimum atomic E-state index is -0.258. The van der Waals surface area contributed by atoms with E-state index in [0.717, 1.165) is 0 Å². The molecular weight excluding hydrogens is 283 g/mol. The van der Waals surface area contributed by atoms with E-state index in [1.165, 1.54) is 22.0 Å². The largest absolute Gasteiger partial charge is 0.0622 e. The summed E-state index contributed by atoms with van der Waals surface area (Å²) in [7, 11) is -0.258. The molecule has 2 unspecified atom stereocenters. The second kappa shape index (κ2) is 5.91. The Kier molecular flexibility index (Phi) is 3.62. The van der Waals surface area contributed by atoms with Gasteiger partial charge in [0.05, 0.1) is 0 Å². The molecule has 4 rings (SSSR count). The van der Waals surface area contributed by atoms with Crippen LogP contribution in [0.25, 0.3) is 5.57 Å². The van der Waals surface area contributed by atoms with E-state index in [1.54, 1.807) is 0 Å². The molecule has 3 aromatic carbocycles. The van der Waals surface area contributed by atoms with Crippen molar-refractivity contribution in [1.29, 1.82) is 0 Å². The van der Waals surface area contributed by atoms with Crippen LogP contribution >= 0.6 is 7.92 Å². The van der Waals surface area contributed by atoms with E-state index in [0.29, 0.717) is 5.66 Å². The van der Waals surface area contributed by atoms with E-state index in [-0.39, 0.29) is 7.92 Å². The predicted octanol–water partition coefficient (Wildman–Crippen LogP) is 5.59. The van der Waals surface area contributed by atoms with E-state index in [4.69, 9.17) is 0 Å². The number of hydrogen-bond donors (Lipinski definition) is 0. The van der Waals surface area contributed by atoms with Gasteiger partial charge in [-0.25, -0.2) is 0 Å². The van der Waals surface area contributed by atoms with Gasteiger partial charge in [-0.3, -0.25) is 0 Å². The first-order valence-electron chi connectivity index (χ1n) is 7.59. The quantitative estimate of drug-likeness (QED) is 0.553. The van der Waals surface area contributed by atoms with Crippen LogP contribution in [-0.2, 0) is 0 Å². The summed E-state index contributed by atoms with van der Waals surface area (Å²) in [5.41, 5.74) is 4.77. The molecule has 0 fully saturated rings. The standard InChI is InChI=1S/C21H17P/c1-4-10-17(11-5-1)20-16-22(19-14-8-3-9-15-19)21(20)18-12-6-2-7-13-18/h1-16,21H. The third-order valence-corrected chi connectivity index (χ3v) is 6.71. The van der Waals surface area contributed by atoms with Crippen LogP contribution in [0, 0.1) is 0 Å². The Hall–Kier alpha value is -2.17. The van der Waals surface area contributed by atoms with Gasteiger partial charge in [-0.2, -0.15) is 0 Å². The monoisotopic (exact) mass is 300 g/mol. The Bertz CT molecular complexity index is 776. The van der Waals surface area contributed by atoms with Gasteiger partial charge < -0.3 is 0 Å². The maximum Gasteiger partial charge on any atom is 0.0373 e. The molecule has 1 aliphatic heterocycles. The van der Waals surface area contributed by atoms with Crippen LogP contribution in [0.15, 0.2) is 96.8 Å². The van der Waals surface area contributed by atoms with Crippen LogP contribution in [0.3, 0.4) is 0 Å². The molecule has 106 valence electrons. The van der Waals surface area contributed by atoms with Crippen molar-refractivity contribution in [3.63, 3.8) is 0 Å². The minimum absolute atomic E-state index is 0.258. The summed E-state index contributed by atoms with van der Waals surface area (Å²) in [4.78, 5) is 0. The van der Waals surface area contributed by atoms with E-state index in [2.05, 4.69) is 96.8 Å². The first-order chi connectivity index (χ1) is 10.9. The Morgan fingerprint density at radius 1 is 0.591 bits per heavy atom. The Balaban J connectivity index is 1.78. The van der Waals surface area contributed by atoms with Crippen LogP contribution in [0.5, 0.6) is 0 Å². The fourth-order valence-electron chi connectivity index (χ4n) is 3.02. The lowest BCUT2D eigenvalue weighted by Gasteiger charge is -2.37. The van der Waals surface area contributed by atoms with Crippen LogP contribution in [0.2, 0.25) is 0 Å². The highest BCUT2D eigenvalue weighted by molar-refractivity contribution is 7.71. The molecule has 22 heavy (non-hydrogen) atoms. The predicted molar refractivity (Wildman–Crippen MR) is 96.6 cm³/mol. The normalized spacial score (nSPS) is 20.1. The van der Waals surface area contributed by atoms with Crippen molar-refractivity contribution in [2.24, 2.45) is 0 Å². The van der Waals surface area contributed by atoms with E-state index in [9.17, 15) is 0 Å². The van der Waals surface area contributed by atoms with Crippen LogP contribution in [0.1, 0.15) is 16.8 Å². The molecule has 0 saturated heterocycles. The van der Waals surface area contributed by atoms with Gasteiger partial charge in [0.25, 0.3) is 0 Å². The van der Waals surface area contributed by atoms with Gasteiger partial charge >= 0.3 is 0 Å². The lowest BCUT2D eigenvalue weighted by molar-refractivity contribution is 1.21. The summed E-state index contributed by atoms with van der Waals surface area (Å²) in [6.07, 6.45) is 0. The van der Waals surface area contributed by atoms with Gasteiger partial charge in [0.2, 0.25) is 0 Å². The molecular formula is C21H17P. The maximum absolute atomic E-state index is 2.48. The van der Waals surface area contributed by atoms with Crippen LogP contribution < -0.4 is 5.30 Å². The third-order valence-electron chi connectivity index (χ3n) is 4.13. The second-order valence-corrected chi connectivity index (χ2v) is 7.61. The molecule has 1 heteroatoms. The van der Waals surface area contributed by atoms with Gasteiger partial charge in [-0.1, -0.05) is 96.8 Å². The molecule has 0 aliphatic carbocycles.